The molecule has 0 radical (unpaired) electrons. The predicted molar refractivity (Wildman–Crippen MR) is 69.1 cm³/mol. The first kappa shape index (κ1) is 13.3. The molecule has 4 heteroatoms. The number of aliphatic hydroxyl groups is 2. The molecule has 2 rings (SSSR count). The van der Waals surface area contributed by atoms with Crippen molar-refractivity contribution in [3.8, 4) is 0 Å². The topological polar surface area (TPSA) is 43.7 Å². The van der Waals surface area contributed by atoms with E-state index in [-0.39, 0.29) is 12.4 Å². The molecular weight excluding hydrogens is 233 g/mol. The highest BCUT2D eigenvalue weighted by Gasteiger charge is 2.27. The molecule has 18 heavy (non-hydrogen) atoms. The Morgan fingerprint density at radius 3 is 2.67 bits per heavy atom. The molecule has 1 fully saturated rings. The molecule has 1 aliphatic rings. The van der Waals surface area contributed by atoms with Crippen LogP contribution in [0.5, 0.6) is 0 Å². The molecule has 2 N–H and O–H groups in total. The highest BCUT2D eigenvalue weighted by atomic mass is 19.1. The van der Waals surface area contributed by atoms with Crippen molar-refractivity contribution in [1.29, 1.82) is 0 Å². The molecular formula is C14H20FNO2. The fourth-order valence-electron chi connectivity index (χ4n) is 2.43. The van der Waals surface area contributed by atoms with Gasteiger partial charge in [-0.2, -0.15) is 0 Å². The fourth-order valence-corrected chi connectivity index (χ4v) is 2.43. The average Bonchev–Trinajstić information content (AvgIpc) is 2.26. The van der Waals surface area contributed by atoms with Crippen LogP contribution in [0.25, 0.3) is 0 Å². The normalized spacial score (nSPS) is 17.3. The third kappa shape index (κ3) is 2.65. The molecule has 1 aliphatic carbocycles. The molecule has 0 saturated heterocycles. The van der Waals surface area contributed by atoms with Gasteiger partial charge < -0.3 is 15.1 Å². The minimum Gasteiger partial charge on any atom is -0.395 e. The van der Waals surface area contributed by atoms with E-state index in [0.717, 1.165) is 18.5 Å². The third-order valence-corrected chi connectivity index (χ3v) is 3.61. The Morgan fingerprint density at radius 2 is 2.17 bits per heavy atom. The number of benzene rings is 1. The lowest BCUT2D eigenvalue weighted by Crippen LogP contribution is -2.42. The molecule has 1 aromatic rings. The highest BCUT2D eigenvalue weighted by molar-refractivity contribution is 5.56. The number of aliphatic hydroxyl groups excluding tert-OH is 2. The van der Waals surface area contributed by atoms with Gasteiger partial charge in [-0.25, -0.2) is 4.39 Å². The summed E-state index contributed by atoms with van der Waals surface area (Å²) in [5, 5.41) is 18.9. The van der Waals surface area contributed by atoms with Crippen LogP contribution in [-0.4, -0.2) is 29.4 Å². The molecule has 0 heterocycles. The Bertz CT molecular complexity index is 405. The van der Waals surface area contributed by atoms with Gasteiger partial charge in [-0.15, -0.1) is 0 Å². The van der Waals surface area contributed by atoms with Gasteiger partial charge in [0.1, 0.15) is 5.82 Å². The maximum Gasteiger partial charge on any atom is 0.123 e. The van der Waals surface area contributed by atoms with E-state index in [9.17, 15) is 14.6 Å². The standard InChI is InChI=1S/C14H20FNO2/c1-10(18)13-9-11(15)5-6-14(13)16(7-8-17)12-3-2-4-12/h5-6,9-10,12,17-18H,2-4,7-8H2,1H3. The second-order valence-corrected chi connectivity index (χ2v) is 4.88. The molecule has 0 bridgehead atoms. The van der Waals surface area contributed by atoms with E-state index in [4.69, 9.17) is 0 Å². The first-order valence-electron chi connectivity index (χ1n) is 6.48. The summed E-state index contributed by atoms with van der Waals surface area (Å²) < 4.78 is 13.3. The molecule has 1 unspecified atom stereocenters. The molecule has 1 atom stereocenters. The maximum atomic E-state index is 13.3. The summed E-state index contributed by atoms with van der Waals surface area (Å²) in [6.07, 6.45) is 2.67. The van der Waals surface area contributed by atoms with Crippen molar-refractivity contribution in [2.24, 2.45) is 0 Å². The van der Waals surface area contributed by atoms with Crippen molar-refractivity contribution in [3.63, 3.8) is 0 Å². The molecule has 1 saturated carbocycles. The molecule has 3 nitrogen and oxygen atoms in total. The lowest BCUT2D eigenvalue weighted by molar-refractivity contribution is 0.198. The molecule has 100 valence electrons. The summed E-state index contributed by atoms with van der Waals surface area (Å²) in [6, 6.07) is 4.89. The smallest absolute Gasteiger partial charge is 0.123 e. The summed E-state index contributed by atoms with van der Waals surface area (Å²) in [4.78, 5) is 2.09. The largest absolute Gasteiger partial charge is 0.395 e. The van der Waals surface area contributed by atoms with Crippen molar-refractivity contribution in [2.75, 3.05) is 18.1 Å². The summed E-state index contributed by atoms with van der Waals surface area (Å²) in [5.74, 6) is -0.341. The lowest BCUT2D eigenvalue weighted by Gasteiger charge is -2.40. The number of anilines is 1. The van der Waals surface area contributed by atoms with E-state index in [2.05, 4.69) is 4.90 Å². The molecule has 1 aromatic carbocycles. The van der Waals surface area contributed by atoms with E-state index >= 15 is 0 Å². The number of rotatable bonds is 5. The van der Waals surface area contributed by atoms with Crippen LogP contribution >= 0.6 is 0 Å². The van der Waals surface area contributed by atoms with Gasteiger partial charge in [0.05, 0.1) is 12.7 Å². The Morgan fingerprint density at radius 1 is 1.44 bits per heavy atom. The molecule has 0 amide bonds. The Labute approximate surface area is 107 Å². The predicted octanol–water partition coefficient (Wildman–Crippen LogP) is 2.23. The Kier molecular flexibility index (Phi) is 4.19. The first-order valence-corrected chi connectivity index (χ1v) is 6.48. The van der Waals surface area contributed by atoms with Gasteiger partial charge in [-0.1, -0.05) is 0 Å². The second-order valence-electron chi connectivity index (χ2n) is 4.88. The first-order chi connectivity index (χ1) is 8.63. The lowest BCUT2D eigenvalue weighted by atomic mass is 9.90. The van der Waals surface area contributed by atoms with E-state index < -0.39 is 6.10 Å². The monoisotopic (exact) mass is 253 g/mol. The summed E-state index contributed by atoms with van der Waals surface area (Å²) in [5.41, 5.74) is 1.43. The van der Waals surface area contributed by atoms with Crippen molar-refractivity contribution in [2.45, 2.75) is 38.3 Å². The third-order valence-electron chi connectivity index (χ3n) is 3.61. The Hall–Kier alpha value is -1.13. The molecule has 0 spiro atoms. The average molecular weight is 253 g/mol. The van der Waals surface area contributed by atoms with Gasteiger partial charge in [-0.3, -0.25) is 0 Å². The number of hydrogen-bond donors (Lipinski definition) is 2. The fraction of sp³-hybridized carbons (Fsp3) is 0.571. The summed E-state index contributed by atoms with van der Waals surface area (Å²) >= 11 is 0. The zero-order chi connectivity index (χ0) is 13.1. The molecule has 0 aliphatic heterocycles. The van der Waals surface area contributed by atoms with E-state index in [1.807, 2.05) is 0 Å². The van der Waals surface area contributed by atoms with E-state index in [0.29, 0.717) is 18.2 Å². The number of hydrogen-bond acceptors (Lipinski definition) is 3. The zero-order valence-corrected chi connectivity index (χ0v) is 10.6. The minimum absolute atomic E-state index is 0.0626. The van der Waals surface area contributed by atoms with Crippen molar-refractivity contribution >= 4 is 5.69 Å². The molecule has 0 aromatic heterocycles. The minimum atomic E-state index is -0.711. The number of nitrogens with zero attached hydrogens (tertiary/aromatic N) is 1. The van der Waals surface area contributed by atoms with Crippen LogP contribution in [0.1, 0.15) is 37.9 Å². The second kappa shape index (κ2) is 5.67. The van der Waals surface area contributed by atoms with Gasteiger partial charge in [0.25, 0.3) is 0 Å². The number of halogens is 1. The quantitative estimate of drug-likeness (QED) is 0.845. The summed E-state index contributed by atoms with van der Waals surface area (Å²) in [7, 11) is 0. The van der Waals surface area contributed by atoms with Crippen molar-refractivity contribution in [1.82, 2.24) is 0 Å². The van der Waals surface area contributed by atoms with Gasteiger partial charge in [0.15, 0.2) is 0 Å². The SMILES string of the molecule is CC(O)c1cc(F)ccc1N(CCO)C1CCC1. The van der Waals surface area contributed by atoms with Crippen LogP contribution in [0, 0.1) is 5.82 Å². The van der Waals surface area contributed by atoms with Gasteiger partial charge >= 0.3 is 0 Å². The van der Waals surface area contributed by atoms with Crippen molar-refractivity contribution < 1.29 is 14.6 Å². The van der Waals surface area contributed by atoms with E-state index in [1.54, 1.807) is 13.0 Å². The van der Waals surface area contributed by atoms with Gasteiger partial charge in [0, 0.05) is 23.8 Å². The zero-order valence-electron chi connectivity index (χ0n) is 10.6. The summed E-state index contributed by atoms with van der Waals surface area (Å²) in [6.45, 7) is 2.22. The van der Waals surface area contributed by atoms with Gasteiger partial charge in [-0.05, 0) is 44.4 Å². The van der Waals surface area contributed by atoms with Crippen LogP contribution in [0.4, 0.5) is 10.1 Å². The van der Waals surface area contributed by atoms with Crippen LogP contribution in [0.3, 0.4) is 0 Å². The van der Waals surface area contributed by atoms with Crippen LogP contribution in [-0.2, 0) is 0 Å². The van der Waals surface area contributed by atoms with Crippen LogP contribution in [0.15, 0.2) is 18.2 Å². The van der Waals surface area contributed by atoms with Crippen LogP contribution < -0.4 is 4.90 Å². The van der Waals surface area contributed by atoms with Crippen molar-refractivity contribution in [3.05, 3.63) is 29.6 Å². The van der Waals surface area contributed by atoms with Crippen LogP contribution in [0.2, 0.25) is 0 Å². The Balaban J connectivity index is 2.33. The maximum absolute atomic E-state index is 13.3. The van der Waals surface area contributed by atoms with E-state index in [1.165, 1.54) is 18.6 Å². The van der Waals surface area contributed by atoms with Gasteiger partial charge in [0.2, 0.25) is 0 Å². The highest BCUT2D eigenvalue weighted by Crippen LogP contribution is 2.34.